The molecule has 0 aliphatic carbocycles. The van der Waals surface area contributed by atoms with Gasteiger partial charge in [0.2, 0.25) is 11.8 Å². The van der Waals surface area contributed by atoms with Crippen LogP contribution in [0.5, 0.6) is 0 Å². The summed E-state index contributed by atoms with van der Waals surface area (Å²) in [5.41, 5.74) is 5.63. The quantitative estimate of drug-likeness (QED) is 0.836. The van der Waals surface area contributed by atoms with Gasteiger partial charge in [-0.1, -0.05) is 18.2 Å². The molecule has 18 heavy (non-hydrogen) atoms. The Hall–Kier alpha value is -1.56. The van der Waals surface area contributed by atoms with Gasteiger partial charge in [0.25, 0.3) is 0 Å². The fourth-order valence-corrected chi connectivity index (χ4v) is 2.95. The Morgan fingerprint density at radius 3 is 2.83 bits per heavy atom. The molecule has 0 bridgehead atoms. The summed E-state index contributed by atoms with van der Waals surface area (Å²) in [4.78, 5) is 22.7. The number of halogens is 1. The molecule has 0 radical (unpaired) electrons. The Labute approximate surface area is 108 Å². The van der Waals surface area contributed by atoms with Crippen LogP contribution in [-0.2, 0) is 16.0 Å². The van der Waals surface area contributed by atoms with E-state index in [1.807, 2.05) is 0 Å². The van der Waals surface area contributed by atoms with Crippen molar-refractivity contribution in [3.63, 3.8) is 0 Å². The minimum Gasteiger partial charge on any atom is -0.368 e. The van der Waals surface area contributed by atoms with Gasteiger partial charge in [-0.15, -0.1) is 11.8 Å². The number of nitrogens with two attached hydrogens (primary N) is 1. The highest BCUT2D eigenvalue weighted by Crippen LogP contribution is 2.22. The first-order valence-corrected chi connectivity index (χ1v) is 6.57. The molecule has 4 nitrogen and oxygen atoms in total. The lowest BCUT2D eigenvalue weighted by atomic mass is 10.1. The lowest BCUT2D eigenvalue weighted by molar-refractivity contribution is -0.127. The zero-order chi connectivity index (χ0) is 13.1. The number of rotatable bonds is 3. The first-order valence-electron chi connectivity index (χ1n) is 5.52. The molecule has 0 unspecified atom stereocenters. The summed E-state index contributed by atoms with van der Waals surface area (Å²) in [6.45, 7) is 0. The molecule has 0 aromatic heterocycles. The fraction of sp³-hybridized carbons (Fsp3) is 0.333. The minimum atomic E-state index is -0.626. The average Bonchev–Trinajstić information content (AvgIpc) is 2.34. The van der Waals surface area contributed by atoms with Crippen LogP contribution in [0.1, 0.15) is 5.56 Å². The van der Waals surface area contributed by atoms with Crippen molar-refractivity contribution in [3.8, 4) is 0 Å². The van der Waals surface area contributed by atoms with Crippen molar-refractivity contribution in [2.45, 2.75) is 17.7 Å². The molecule has 2 atom stereocenters. The third-order valence-corrected chi connectivity index (χ3v) is 4.09. The second-order valence-corrected chi connectivity index (χ2v) is 5.32. The number of hydrogen-bond donors (Lipinski definition) is 2. The molecule has 2 rings (SSSR count). The molecular formula is C12H13FN2O2S. The molecule has 1 fully saturated rings. The van der Waals surface area contributed by atoms with E-state index in [0.717, 1.165) is 0 Å². The number of nitrogens with one attached hydrogen (secondary N) is 1. The molecule has 3 N–H and O–H groups in total. The second kappa shape index (κ2) is 5.39. The SMILES string of the molecule is NC(=O)[C@H]1CS[C@H](Cc2ccccc2F)C(=O)N1. The van der Waals surface area contributed by atoms with Crippen LogP contribution < -0.4 is 11.1 Å². The molecule has 1 aliphatic rings. The molecule has 1 aromatic rings. The Kier molecular flexibility index (Phi) is 3.86. The van der Waals surface area contributed by atoms with E-state index in [4.69, 9.17) is 5.73 Å². The maximum atomic E-state index is 13.5. The summed E-state index contributed by atoms with van der Waals surface area (Å²) in [5, 5.41) is 2.17. The van der Waals surface area contributed by atoms with E-state index >= 15 is 0 Å². The van der Waals surface area contributed by atoms with Crippen molar-refractivity contribution in [1.82, 2.24) is 5.32 Å². The third kappa shape index (κ3) is 2.81. The average molecular weight is 268 g/mol. The van der Waals surface area contributed by atoms with Crippen molar-refractivity contribution in [1.29, 1.82) is 0 Å². The van der Waals surface area contributed by atoms with Gasteiger partial charge in [-0.05, 0) is 18.1 Å². The zero-order valence-corrected chi connectivity index (χ0v) is 10.4. The number of primary amides is 1. The fourth-order valence-electron chi connectivity index (χ4n) is 1.76. The highest BCUT2D eigenvalue weighted by atomic mass is 32.2. The highest BCUT2D eigenvalue weighted by Gasteiger charge is 2.31. The number of carbonyl (C=O) groups excluding carboxylic acids is 2. The number of hydrogen-bond acceptors (Lipinski definition) is 3. The molecular weight excluding hydrogens is 255 g/mol. The van der Waals surface area contributed by atoms with Crippen LogP contribution in [0, 0.1) is 5.82 Å². The van der Waals surface area contributed by atoms with Crippen molar-refractivity contribution in [2.75, 3.05) is 5.75 Å². The largest absolute Gasteiger partial charge is 0.368 e. The topological polar surface area (TPSA) is 72.2 Å². The van der Waals surface area contributed by atoms with E-state index in [1.165, 1.54) is 17.8 Å². The van der Waals surface area contributed by atoms with Crippen molar-refractivity contribution < 1.29 is 14.0 Å². The lowest BCUT2D eigenvalue weighted by Crippen LogP contribution is -2.53. The van der Waals surface area contributed by atoms with Crippen LogP contribution in [0.2, 0.25) is 0 Å². The van der Waals surface area contributed by atoms with E-state index in [9.17, 15) is 14.0 Å². The monoisotopic (exact) mass is 268 g/mol. The number of benzene rings is 1. The molecule has 1 aliphatic heterocycles. The predicted molar refractivity (Wildman–Crippen MR) is 67.5 cm³/mol. The maximum Gasteiger partial charge on any atom is 0.240 e. The van der Waals surface area contributed by atoms with Gasteiger partial charge >= 0.3 is 0 Å². The highest BCUT2D eigenvalue weighted by molar-refractivity contribution is 8.00. The smallest absolute Gasteiger partial charge is 0.240 e. The van der Waals surface area contributed by atoms with E-state index in [0.29, 0.717) is 17.7 Å². The summed E-state index contributed by atoms with van der Waals surface area (Å²) in [6, 6.07) is 5.74. The van der Waals surface area contributed by atoms with E-state index in [2.05, 4.69) is 5.32 Å². The van der Waals surface area contributed by atoms with Gasteiger partial charge in [0, 0.05) is 5.75 Å². The van der Waals surface area contributed by atoms with Gasteiger partial charge in [0.15, 0.2) is 0 Å². The number of amides is 2. The zero-order valence-electron chi connectivity index (χ0n) is 9.56. The van der Waals surface area contributed by atoms with Crippen LogP contribution in [0.25, 0.3) is 0 Å². The predicted octanol–water partition coefficient (Wildman–Crippen LogP) is 0.454. The van der Waals surface area contributed by atoms with Crippen molar-refractivity contribution >= 4 is 23.6 Å². The summed E-state index contributed by atoms with van der Waals surface area (Å²) >= 11 is 1.33. The summed E-state index contributed by atoms with van der Waals surface area (Å²) in [5.74, 6) is -0.693. The Balaban J connectivity index is 2.02. The van der Waals surface area contributed by atoms with Crippen molar-refractivity contribution in [3.05, 3.63) is 35.6 Å². The Bertz CT molecular complexity index is 481. The molecule has 0 spiro atoms. The Morgan fingerprint density at radius 2 is 2.22 bits per heavy atom. The van der Waals surface area contributed by atoms with Gasteiger partial charge in [-0.3, -0.25) is 9.59 Å². The minimum absolute atomic E-state index is 0.265. The molecule has 96 valence electrons. The molecule has 1 saturated heterocycles. The van der Waals surface area contributed by atoms with Crippen LogP contribution in [0.3, 0.4) is 0 Å². The lowest BCUT2D eigenvalue weighted by Gasteiger charge is -2.26. The summed E-state index contributed by atoms with van der Waals surface area (Å²) in [6.07, 6.45) is 0.314. The van der Waals surface area contributed by atoms with Gasteiger partial charge in [-0.2, -0.15) is 0 Å². The molecule has 0 saturated carbocycles. The van der Waals surface area contributed by atoms with Gasteiger partial charge in [0.1, 0.15) is 11.9 Å². The second-order valence-electron chi connectivity index (χ2n) is 4.08. The maximum absolute atomic E-state index is 13.5. The van der Waals surface area contributed by atoms with Crippen LogP contribution in [0.15, 0.2) is 24.3 Å². The summed E-state index contributed by atoms with van der Waals surface area (Å²) < 4.78 is 13.5. The van der Waals surface area contributed by atoms with Gasteiger partial charge in [-0.25, -0.2) is 4.39 Å². The van der Waals surface area contributed by atoms with Crippen LogP contribution in [0.4, 0.5) is 4.39 Å². The molecule has 1 heterocycles. The summed E-state index contributed by atoms with van der Waals surface area (Å²) in [7, 11) is 0. The van der Waals surface area contributed by atoms with E-state index in [-0.39, 0.29) is 17.0 Å². The Morgan fingerprint density at radius 1 is 1.50 bits per heavy atom. The molecule has 2 amide bonds. The normalized spacial score (nSPS) is 23.5. The molecule has 6 heteroatoms. The molecule has 1 aromatic carbocycles. The van der Waals surface area contributed by atoms with Crippen molar-refractivity contribution in [2.24, 2.45) is 5.73 Å². The van der Waals surface area contributed by atoms with Gasteiger partial charge < -0.3 is 11.1 Å². The first kappa shape index (κ1) is 12.9. The van der Waals surface area contributed by atoms with Crippen LogP contribution in [-0.4, -0.2) is 28.9 Å². The van der Waals surface area contributed by atoms with Gasteiger partial charge in [0.05, 0.1) is 5.25 Å². The van der Waals surface area contributed by atoms with E-state index < -0.39 is 11.9 Å². The third-order valence-electron chi connectivity index (χ3n) is 2.78. The number of thioether (sulfide) groups is 1. The van der Waals surface area contributed by atoms with E-state index in [1.54, 1.807) is 18.2 Å². The first-order chi connectivity index (χ1) is 8.58. The standard InChI is InChI=1S/C12H13FN2O2S/c13-8-4-2-1-3-7(8)5-10-12(17)15-9(6-18-10)11(14)16/h1-4,9-10H,5-6H2,(H2,14,16)(H,15,17)/t9-,10-/m1/s1. The van der Waals surface area contributed by atoms with Crippen LogP contribution >= 0.6 is 11.8 Å². The number of carbonyl (C=O) groups is 2.